The van der Waals surface area contributed by atoms with Crippen molar-refractivity contribution in [3.63, 3.8) is 0 Å². The molecule has 1 atom stereocenters. The van der Waals surface area contributed by atoms with Crippen molar-refractivity contribution in [1.82, 2.24) is 0 Å². The molecule has 0 aliphatic carbocycles. The summed E-state index contributed by atoms with van der Waals surface area (Å²) in [5, 5.41) is -0.799. The van der Waals surface area contributed by atoms with Gasteiger partial charge in [-0.05, 0) is 0 Å². The third-order valence-electron chi connectivity index (χ3n) is 2.33. The number of carbonyl (C=O) groups is 3. The summed E-state index contributed by atoms with van der Waals surface area (Å²) in [6.45, 7) is 1.27. The Morgan fingerprint density at radius 3 is 2.35 bits per heavy atom. The van der Waals surface area contributed by atoms with Gasteiger partial charge in [0.15, 0.2) is 0 Å². The molecular formula is C14H16O5Se. The van der Waals surface area contributed by atoms with Crippen LogP contribution in [-0.2, 0) is 23.9 Å². The van der Waals surface area contributed by atoms with Crippen molar-refractivity contribution in [2.45, 2.75) is 24.8 Å². The maximum absolute atomic E-state index is 12.0. The predicted molar refractivity (Wildman–Crippen MR) is 73.6 cm³/mol. The summed E-state index contributed by atoms with van der Waals surface area (Å²) in [5.41, 5.74) is 0. The van der Waals surface area contributed by atoms with Gasteiger partial charge in [-0.25, -0.2) is 0 Å². The molecule has 20 heavy (non-hydrogen) atoms. The third kappa shape index (κ3) is 5.99. The monoisotopic (exact) mass is 344 g/mol. The molecule has 0 spiro atoms. The topological polar surface area (TPSA) is 69.7 Å². The van der Waals surface area contributed by atoms with Crippen LogP contribution < -0.4 is 4.46 Å². The first-order chi connectivity index (χ1) is 9.52. The molecule has 5 nitrogen and oxygen atoms in total. The van der Waals surface area contributed by atoms with Crippen LogP contribution in [0, 0.1) is 0 Å². The van der Waals surface area contributed by atoms with E-state index in [0.29, 0.717) is 0 Å². The molecule has 0 aliphatic heterocycles. The maximum atomic E-state index is 12.0. The summed E-state index contributed by atoms with van der Waals surface area (Å²) in [6, 6.07) is 9.36. The van der Waals surface area contributed by atoms with Gasteiger partial charge in [-0.15, -0.1) is 0 Å². The molecule has 1 aromatic rings. The Morgan fingerprint density at radius 2 is 1.80 bits per heavy atom. The Morgan fingerprint density at radius 1 is 1.15 bits per heavy atom. The minimum atomic E-state index is -0.799. The van der Waals surface area contributed by atoms with Gasteiger partial charge in [0.25, 0.3) is 0 Å². The summed E-state index contributed by atoms with van der Waals surface area (Å²) >= 11 is -0.319. The van der Waals surface area contributed by atoms with Gasteiger partial charge in [-0.3, -0.25) is 0 Å². The zero-order chi connectivity index (χ0) is 15.0. The van der Waals surface area contributed by atoms with Crippen LogP contribution in [0.4, 0.5) is 0 Å². The van der Waals surface area contributed by atoms with Crippen molar-refractivity contribution in [2.24, 2.45) is 0 Å². The van der Waals surface area contributed by atoms with Crippen molar-refractivity contribution >= 4 is 37.1 Å². The molecular weight excluding hydrogens is 327 g/mol. The number of Topliss-reactive ketones (excluding diaryl/α,β-unsaturated/α-hetero) is 1. The van der Waals surface area contributed by atoms with E-state index in [-0.39, 0.29) is 33.6 Å². The Kier molecular flexibility index (Phi) is 6.98. The molecule has 0 heterocycles. The summed E-state index contributed by atoms with van der Waals surface area (Å²) in [4.78, 5) is 34.2. The van der Waals surface area contributed by atoms with E-state index in [4.69, 9.17) is 4.74 Å². The molecule has 0 bridgehead atoms. The second-order valence-electron chi connectivity index (χ2n) is 3.91. The Balaban J connectivity index is 2.66. The van der Waals surface area contributed by atoms with E-state index in [1.807, 2.05) is 30.3 Å². The van der Waals surface area contributed by atoms with Crippen LogP contribution in [0.25, 0.3) is 0 Å². The standard InChI is InChI=1S/C14H16O5Se/c1-10(15)19-14(12(16)8-9-13(17)18-2)20-11-6-4-3-5-7-11/h3-7,14H,8-9H2,1-2H3. The molecule has 6 heteroatoms. The number of methoxy groups -OCH3 is 1. The third-order valence-corrected chi connectivity index (χ3v) is 4.67. The molecule has 0 aromatic heterocycles. The first-order valence-corrected chi connectivity index (χ1v) is 7.86. The molecule has 1 unspecified atom stereocenters. The quantitative estimate of drug-likeness (QED) is 0.530. The second kappa shape index (κ2) is 8.51. The molecule has 1 aromatic carbocycles. The number of esters is 2. The second-order valence-corrected chi connectivity index (χ2v) is 6.30. The molecule has 0 aliphatic rings. The van der Waals surface area contributed by atoms with Gasteiger partial charge >= 0.3 is 123 Å². The molecule has 0 fully saturated rings. The first-order valence-electron chi connectivity index (χ1n) is 6.01. The summed E-state index contributed by atoms with van der Waals surface area (Å²) in [5.74, 6) is -1.21. The first kappa shape index (κ1) is 16.4. The van der Waals surface area contributed by atoms with Gasteiger partial charge in [0.05, 0.1) is 0 Å². The fourth-order valence-electron chi connectivity index (χ4n) is 1.37. The number of hydrogen-bond acceptors (Lipinski definition) is 5. The molecule has 0 N–H and O–H groups in total. The molecule has 0 saturated carbocycles. The number of ether oxygens (including phenoxy) is 2. The Hall–Kier alpha value is -1.65. The molecule has 108 valence electrons. The van der Waals surface area contributed by atoms with Crippen LogP contribution in [0.1, 0.15) is 19.8 Å². The van der Waals surface area contributed by atoms with E-state index in [1.54, 1.807) is 0 Å². The van der Waals surface area contributed by atoms with Crippen LogP contribution >= 0.6 is 0 Å². The van der Waals surface area contributed by atoms with Crippen LogP contribution in [-0.4, -0.2) is 44.8 Å². The molecule has 1 rings (SSSR count). The van der Waals surface area contributed by atoms with E-state index in [2.05, 4.69) is 4.74 Å². The SMILES string of the molecule is COC(=O)CCC(=O)C(OC(C)=O)[Se]c1ccccc1. The van der Waals surface area contributed by atoms with Crippen LogP contribution in [0.2, 0.25) is 0 Å². The Bertz CT molecular complexity index is 472. The zero-order valence-electron chi connectivity index (χ0n) is 11.3. The van der Waals surface area contributed by atoms with Gasteiger partial charge in [-0.1, -0.05) is 0 Å². The normalized spacial score (nSPS) is 11.5. The van der Waals surface area contributed by atoms with E-state index >= 15 is 0 Å². The van der Waals surface area contributed by atoms with E-state index in [0.717, 1.165) is 4.46 Å². The average Bonchev–Trinajstić information content (AvgIpc) is 2.44. The van der Waals surface area contributed by atoms with Crippen molar-refractivity contribution in [3.8, 4) is 0 Å². The average molecular weight is 343 g/mol. The van der Waals surface area contributed by atoms with Gasteiger partial charge in [-0.2, -0.15) is 0 Å². The van der Waals surface area contributed by atoms with Crippen molar-refractivity contribution in [3.05, 3.63) is 30.3 Å². The van der Waals surface area contributed by atoms with E-state index in [1.165, 1.54) is 14.0 Å². The van der Waals surface area contributed by atoms with Gasteiger partial charge < -0.3 is 0 Å². The van der Waals surface area contributed by atoms with E-state index in [9.17, 15) is 14.4 Å². The van der Waals surface area contributed by atoms with Crippen LogP contribution in [0.5, 0.6) is 0 Å². The minimum absolute atomic E-state index is 0.00202. The fraction of sp³-hybridized carbons (Fsp3) is 0.357. The number of carbonyl (C=O) groups excluding carboxylic acids is 3. The van der Waals surface area contributed by atoms with Crippen molar-refractivity contribution in [2.75, 3.05) is 7.11 Å². The fourth-order valence-corrected chi connectivity index (χ4v) is 3.46. The summed E-state index contributed by atoms with van der Waals surface area (Å²) in [6.07, 6.45) is 0.0111. The predicted octanol–water partition coefficient (Wildman–Crippen LogP) is 0.428. The number of hydrogen-bond donors (Lipinski definition) is 0. The zero-order valence-corrected chi connectivity index (χ0v) is 13.0. The van der Waals surface area contributed by atoms with Crippen LogP contribution in [0.15, 0.2) is 30.3 Å². The number of rotatable bonds is 7. The van der Waals surface area contributed by atoms with Crippen molar-refractivity contribution in [1.29, 1.82) is 0 Å². The van der Waals surface area contributed by atoms with Gasteiger partial charge in [0, 0.05) is 0 Å². The number of benzene rings is 1. The Labute approximate surface area is 123 Å². The molecule has 0 saturated heterocycles. The van der Waals surface area contributed by atoms with Gasteiger partial charge in [0.1, 0.15) is 0 Å². The summed E-state index contributed by atoms with van der Waals surface area (Å²) < 4.78 is 10.5. The van der Waals surface area contributed by atoms with Crippen molar-refractivity contribution < 1.29 is 23.9 Å². The van der Waals surface area contributed by atoms with E-state index < -0.39 is 16.9 Å². The van der Waals surface area contributed by atoms with Crippen LogP contribution in [0.3, 0.4) is 0 Å². The van der Waals surface area contributed by atoms with Gasteiger partial charge in [0.2, 0.25) is 0 Å². The molecule has 0 amide bonds. The summed E-state index contributed by atoms with van der Waals surface area (Å²) in [7, 11) is 1.27. The number of ketones is 1. The molecule has 0 radical (unpaired) electrons.